The molecule has 12 nitrogen and oxygen atoms in total. The Morgan fingerprint density at radius 2 is 1.04 bits per heavy atom. The summed E-state index contributed by atoms with van der Waals surface area (Å²) in [4.78, 5) is 2.86. The third-order valence-electron chi connectivity index (χ3n) is 10.4. The molecular weight excluding hydrogens is 727 g/mol. The third-order valence-corrected chi connectivity index (χ3v) is 10.4. The number of rotatable bonds is 21. The van der Waals surface area contributed by atoms with Crippen molar-refractivity contribution in [3.63, 3.8) is 0 Å². The number of nitrogens with zero attached hydrogens (tertiary/aromatic N) is 3. The molecule has 2 aliphatic heterocycles. The van der Waals surface area contributed by atoms with Crippen LogP contribution in [-0.2, 0) is 64.3 Å². The molecule has 2 aliphatic rings. The average molecular weight is 782 g/mol. The van der Waals surface area contributed by atoms with Crippen molar-refractivity contribution in [1.29, 1.82) is 0 Å². The van der Waals surface area contributed by atoms with E-state index in [9.17, 15) is 5.11 Å². The van der Waals surface area contributed by atoms with Gasteiger partial charge in [-0.05, 0) is 34.2 Å². The van der Waals surface area contributed by atoms with E-state index in [-0.39, 0.29) is 25.0 Å². The van der Waals surface area contributed by atoms with Crippen LogP contribution in [0.2, 0.25) is 0 Å². The second-order valence-corrected chi connectivity index (χ2v) is 14.6. The zero-order valence-electron chi connectivity index (χ0n) is 32.7. The summed E-state index contributed by atoms with van der Waals surface area (Å²) in [5, 5.41) is 15.3. The lowest BCUT2D eigenvalue weighted by Crippen LogP contribution is -2.62. The molecule has 304 valence electrons. The molecule has 0 radical (unpaired) electrons. The highest BCUT2D eigenvalue weighted by molar-refractivity contribution is 5.16. The van der Waals surface area contributed by atoms with Crippen LogP contribution in [0.1, 0.15) is 42.5 Å². The molecule has 0 saturated carbocycles. The number of ether oxygens (including phenoxy) is 8. The normalized spacial score (nSPS) is 27.4. The first-order valence-corrected chi connectivity index (χ1v) is 19.8. The van der Waals surface area contributed by atoms with Gasteiger partial charge in [0.2, 0.25) is 0 Å². The Morgan fingerprint density at radius 1 is 0.579 bits per heavy atom. The largest absolute Gasteiger partial charge is 0.390 e. The maximum Gasteiger partial charge on any atom is 0.185 e. The van der Waals surface area contributed by atoms with Crippen molar-refractivity contribution in [2.24, 2.45) is 17.0 Å². The van der Waals surface area contributed by atoms with Gasteiger partial charge in [-0.25, -0.2) is 0 Å². The van der Waals surface area contributed by atoms with Gasteiger partial charge in [0.1, 0.15) is 24.4 Å². The van der Waals surface area contributed by atoms with E-state index in [0.29, 0.717) is 46.0 Å². The molecule has 2 fully saturated rings. The van der Waals surface area contributed by atoms with E-state index >= 15 is 0 Å². The second kappa shape index (κ2) is 22.7. The molecule has 0 spiro atoms. The van der Waals surface area contributed by atoms with Crippen LogP contribution in [0.5, 0.6) is 0 Å². The van der Waals surface area contributed by atoms with Crippen molar-refractivity contribution >= 4 is 0 Å². The van der Waals surface area contributed by atoms with Gasteiger partial charge < -0.3 is 43.0 Å². The van der Waals surface area contributed by atoms with Crippen molar-refractivity contribution in [3.8, 4) is 0 Å². The van der Waals surface area contributed by atoms with Gasteiger partial charge in [-0.2, -0.15) is 0 Å². The van der Waals surface area contributed by atoms with Crippen LogP contribution in [0, 0.1) is 11.8 Å². The predicted octanol–water partition coefficient (Wildman–Crippen LogP) is 7.78. The maximum atomic E-state index is 11.6. The van der Waals surface area contributed by atoms with Crippen molar-refractivity contribution in [2.45, 2.75) is 95.9 Å². The first-order valence-electron chi connectivity index (χ1n) is 19.8. The number of benzene rings is 4. The molecule has 4 aromatic rings. The molecule has 12 heteroatoms. The van der Waals surface area contributed by atoms with E-state index in [1.54, 1.807) is 0 Å². The Bertz CT molecular complexity index is 1750. The topological polar surface area (TPSA) is 143 Å². The Balaban J connectivity index is 1.25. The fraction of sp³-hybridized carbons (Fsp3) is 0.467. The quantitative estimate of drug-likeness (QED) is 0.0388. The van der Waals surface area contributed by atoms with Gasteiger partial charge in [0, 0.05) is 29.9 Å². The average Bonchev–Trinajstić information content (AvgIpc) is 3.24. The van der Waals surface area contributed by atoms with E-state index in [2.05, 4.69) is 16.9 Å². The van der Waals surface area contributed by atoms with Crippen LogP contribution in [0.3, 0.4) is 0 Å². The lowest BCUT2D eigenvalue weighted by molar-refractivity contribution is -0.357. The molecule has 0 amide bonds. The number of hydrogen-bond acceptors (Lipinski definition) is 10. The zero-order valence-corrected chi connectivity index (χ0v) is 32.7. The Kier molecular flexibility index (Phi) is 16.9. The van der Waals surface area contributed by atoms with Gasteiger partial charge in [-0.15, -0.1) is 0 Å². The molecule has 2 heterocycles. The molecule has 0 aliphatic carbocycles. The second-order valence-electron chi connectivity index (χ2n) is 14.6. The van der Waals surface area contributed by atoms with Crippen molar-refractivity contribution in [1.82, 2.24) is 0 Å². The van der Waals surface area contributed by atoms with Crippen molar-refractivity contribution in [2.75, 3.05) is 26.4 Å². The summed E-state index contributed by atoms with van der Waals surface area (Å²) in [6.07, 6.45) is -5.11. The van der Waals surface area contributed by atoms with E-state index in [4.69, 9.17) is 43.4 Å². The van der Waals surface area contributed by atoms with Crippen molar-refractivity contribution in [3.05, 3.63) is 154 Å². The molecule has 57 heavy (non-hydrogen) atoms. The summed E-state index contributed by atoms with van der Waals surface area (Å²) < 4.78 is 52.3. The van der Waals surface area contributed by atoms with Gasteiger partial charge in [0.05, 0.1) is 51.8 Å². The number of azide groups is 1. The van der Waals surface area contributed by atoms with Crippen LogP contribution >= 0.6 is 0 Å². The highest BCUT2D eigenvalue weighted by Crippen LogP contribution is 2.37. The third kappa shape index (κ3) is 12.7. The Hall–Kier alpha value is -4.17. The minimum Gasteiger partial charge on any atom is -0.390 e. The lowest BCUT2D eigenvalue weighted by atomic mass is 9.88. The fourth-order valence-electron chi connectivity index (χ4n) is 7.20. The molecule has 6 rings (SSSR count). The molecule has 10 atom stereocenters. The standard InChI is InChI=1S/C45H55N3O9/c1-32-40(49)38(30-50-26-34-16-7-3-8-17-34)55-45(42(32)53-28-36-20-11-5-12-21-36)57-41-33(2)43(54-29-37-22-13-6-14-23-37)44(52-25-15-24-47-48-46)56-39(41)31-51-27-35-18-9-4-10-19-35/h3-14,16-23,32-33,38-45,49H,15,24-31H2,1-2H3/t32-,33?,38?,39-,40+,41-,42?,43?,44+,45-/m0/s1. The molecular formula is C45H55N3O9. The minimum absolute atomic E-state index is 0.153. The molecule has 4 aromatic carbocycles. The van der Waals surface area contributed by atoms with Gasteiger partial charge in [-0.1, -0.05) is 140 Å². The molecule has 4 unspecified atom stereocenters. The number of hydrogen-bond donors (Lipinski definition) is 1. The van der Waals surface area contributed by atoms with Gasteiger partial charge in [-0.3, -0.25) is 0 Å². The highest BCUT2D eigenvalue weighted by Gasteiger charge is 2.51. The minimum atomic E-state index is -0.902. The SMILES string of the molecule is CC1C(OCc2ccccc2)[C@H](OCCCN=[N+]=[N-])O[C@@H](COCc2ccccc2)[C@H]1O[C@@H]1OC(COCc2ccccc2)[C@H](O)[C@H](C)C1OCc1ccccc1. The summed E-state index contributed by atoms with van der Waals surface area (Å²) in [7, 11) is 0. The predicted molar refractivity (Wildman–Crippen MR) is 213 cm³/mol. The van der Waals surface area contributed by atoms with Gasteiger partial charge >= 0.3 is 0 Å². The molecule has 0 aromatic heterocycles. The van der Waals surface area contributed by atoms with Gasteiger partial charge in [0.25, 0.3) is 0 Å². The summed E-state index contributed by atoms with van der Waals surface area (Å²) >= 11 is 0. The first-order chi connectivity index (χ1) is 28.0. The Morgan fingerprint density at radius 3 is 1.54 bits per heavy atom. The summed E-state index contributed by atoms with van der Waals surface area (Å²) in [6, 6.07) is 39.7. The van der Waals surface area contributed by atoms with Crippen LogP contribution in [0.15, 0.2) is 126 Å². The van der Waals surface area contributed by atoms with E-state index in [1.807, 2.05) is 128 Å². The maximum absolute atomic E-state index is 11.6. The van der Waals surface area contributed by atoms with E-state index < -0.39 is 49.2 Å². The summed E-state index contributed by atoms with van der Waals surface area (Å²) in [5.74, 6) is -0.661. The smallest absolute Gasteiger partial charge is 0.185 e. The number of aliphatic hydroxyl groups is 1. The van der Waals surface area contributed by atoms with Crippen LogP contribution < -0.4 is 0 Å². The monoisotopic (exact) mass is 781 g/mol. The summed E-state index contributed by atoms with van der Waals surface area (Å²) in [5.41, 5.74) is 12.8. The Labute approximate surface area is 335 Å². The lowest BCUT2D eigenvalue weighted by Gasteiger charge is -2.49. The molecule has 0 bridgehead atoms. The fourth-order valence-corrected chi connectivity index (χ4v) is 7.20. The summed E-state index contributed by atoms with van der Waals surface area (Å²) in [6.45, 7) is 6.34. The van der Waals surface area contributed by atoms with E-state index in [1.165, 1.54) is 0 Å². The first kappa shape index (κ1) is 42.4. The van der Waals surface area contributed by atoms with Crippen LogP contribution in [0.4, 0.5) is 0 Å². The number of aliphatic hydroxyl groups excluding tert-OH is 1. The van der Waals surface area contributed by atoms with Gasteiger partial charge in [0.15, 0.2) is 12.6 Å². The van der Waals surface area contributed by atoms with Crippen molar-refractivity contribution < 1.29 is 43.0 Å². The zero-order chi connectivity index (χ0) is 39.7. The highest BCUT2D eigenvalue weighted by atomic mass is 16.7. The van der Waals surface area contributed by atoms with Crippen LogP contribution in [0.25, 0.3) is 10.4 Å². The van der Waals surface area contributed by atoms with Crippen LogP contribution in [-0.4, -0.2) is 80.7 Å². The molecule has 2 saturated heterocycles. The molecule has 1 N–H and O–H groups in total. The van der Waals surface area contributed by atoms with E-state index in [0.717, 1.165) is 22.3 Å².